The molecule has 0 aromatic carbocycles. The van der Waals surface area contributed by atoms with Gasteiger partial charge in [-0.1, -0.05) is 13.8 Å². The summed E-state index contributed by atoms with van der Waals surface area (Å²) in [6.07, 6.45) is 3.65. The van der Waals surface area contributed by atoms with Crippen molar-refractivity contribution in [2.45, 2.75) is 33.1 Å². The number of hydrogen-bond acceptors (Lipinski definition) is 2. The Bertz CT molecular complexity index is 179. The van der Waals surface area contributed by atoms with E-state index in [1.165, 1.54) is 38.9 Å². The van der Waals surface area contributed by atoms with E-state index in [-0.39, 0.29) is 24.0 Å². The first-order valence-corrected chi connectivity index (χ1v) is 6.39. The van der Waals surface area contributed by atoms with Crippen molar-refractivity contribution in [1.29, 1.82) is 0 Å². The predicted octanol–water partition coefficient (Wildman–Crippen LogP) is 1.91. The van der Waals surface area contributed by atoms with Crippen molar-refractivity contribution in [3.05, 3.63) is 0 Å². The van der Waals surface area contributed by atoms with Gasteiger partial charge >= 0.3 is 0 Å². The van der Waals surface area contributed by atoms with Gasteiger partial charge in [-0.15, -0.1) is 24.0 Å². The highest BCUT2D eigenvalue weighted by molar-refractivity contribution is 14.0. The van der Waals surface area contributed by atoms with Crippen molar-refractivity contribution < 1.29 is 0 Å². The third-order valence-electron chi connectivity index (χ3n) is 2.48. The molecule has 0 spiro atoms. The van der Waals surface area contributed by atoms with Crippen LogP contribution in [0.1, 0.15) is 33.1 Å². The van der Waals surface area contributed by atoms with Gasteiger partial charge in [0.2, 0.25) is 0 Å². The molecular weight excluding hydrogens is 327 g/mol. The summed E-state index contributed by atoms with van der Waals surface area (Å²) in [6, 6.07) is 0. The van der Waals surface area contributed by atoms with E-state index in [0.717, 1.165) is 12.5 Å². The molecule has 4 nitrogen and oxygen atoms in total. The molecule has 0 heterocycles. The van der Waals surface area contributed by atoms with Crippen molar-refractivity contribution in [1.82, 2.24) is 15.5 Å². The van der Waals surface area contributed by atoms with E-state index in [1.807, 2.05) is 7.05 Å². The van der Waals surface area contributed by atoms with Crippen molar-refractivity contribution in [3.63, 3.8) is 0 Å². The largest absolute Gasteiger partial charge is 0.359 e. The fraction of sp³-hybridized carbons (Fsp3) is 0.917. The second kappa shape index (κ2) is 14.0. The SMILES string of the molecule is CCCN(CCC)CCCNC(=NC)NC.I. The normalized spacial score (nSPS) is 11.2. The maximum atomic E-state index is 4.08. The molecule has 0 atom stereocenters. The van der Waals surface area contributed by atoms with Crippen LogP contribution in [0.3, 0.4) is 0 Å². The third-order valence-corrected chi connectivity index (χ3v) is 2.48. The molecular formula is C12H29IN4. The van der Waals surface area contributed by atoms with Gasteiger partial charge in [0.25, 0.3) is 0 Å². The molecule has 0 saturated heterocycles. The summed E-state index contributed by atoms with van der Waals surface area (Å²) in [6.45, 7) is 9.07. The first-order valence-electron chi connectivity index (χ1n) is 6.39. The van der Waals surface area contributed by atoms with Crippen molar-refractivity contribution in [2.75, 3.05) is 40.3 Å². The lowest BCUT2D eigenvalue weighted by Gasteiger charge is -2.21. The lowest BCUT2D eigenvalue weighted by atomic mass is 10.3. The molecule has 0 aliphatic rings. The molecule has 0 aliphatic carbocycles. The van der Waals surface area contributed by atoms with E-state index in [4.69, 9.17) is 0 Å². The maximum Gasteiger partial charge on any atom is 0.190 e. The molecule has 0 bridgehead atoms. The number of halogens is 1. The molecule has 0 saturated carbocycles. The summed E-state index contributed by atoms with van der Waals surface area (Å²) >= 11 is 0. The number of nitrogens with one attached hydrogen (secondary N) is 2. The summed E-state index contributed by atoms with van der Waals surface area (Å²) < 4.78 is 0. The topological polar surface area (TPSA) is 39.7 Å². The van der Waals surface area contributed by atoms with Crippen LogP contribution in [0.4, 0.5) is 0 Å². The average Bonchev–Trinajstić information content (AvgIpc) is 2.30. The third kappa shape index (κ3) is 10.8. The zero-order chi connectivity index (χ0) is 12.2. The Kier molecular flexibility index (Phi) is 15.9. The van der Waals surface area contributed by atoms with Gasteiger partial charge in [-0.05, 0) is 38.9 Å². The van der Waals surface area contributed by atoms with E-state index >= 15 is 0 Å². The fourth-order valence-corrected chi connectivity index (χ4v) is 1.76. The molecule has 2 N–H and O–H groups in total. The molecule has 0 aromatic heterocycles. The molecule has 0 aliphatic heterocycles. The molecule has 0 amide bonds. The second-order valence-corrected chi connectivity index (χ2v) is 3.94. The fourth-order valence-electron chi connectivity index (χ4n) is 1.76. The Morgan fingerprint density at radius 3 is 2.12 bits per heavy atom. The Balaban J connectivity index is 0. The van der Waals surface area contributed by atoms with E-state index in [0.29, 0.717) is 0 Å². The number of rotatable bonds is 8. The smallest absolute Gasteiger partial charge is 0.190 e. The molecule has 5 heteroatoms. The van der Waals surface area contributed by atoms with Crippen LogP contribution in [0, 0.1) is 0 Å². The van der Waals surface area contributed by atoms with E-state index in [1.54, 1.807) is 7.05 Å². The maximum absolute atomic E-state index is 4.08. The minimum atomic E-state index is 0. The highest BCUT2D eigenvalue weighted by Crippen LogP contribution is 1.95. The standard InChI is InChI=1S/C12H28N4.HI/c1-5-9-16(10-6-2)11-7-8-15-12(13-3)14-4;/h5-11H2,1-4H3,(H2,13,14,15);1H. The Hall–Kier alpha value is -0.0400. The quantitative estimate of drug-likeness (QED) is 0.302. The second-order valence-electron chi connectivity index (χ2n) is 3.94. The van der Waals surface area contributed by atoms with Gasteiger partial charge in [0, 0.05) is 20.6 Å². The Morgan fingerprint density at radius 1 is 1.12 bits per heavy atom. The molecule has 17 heavy (non-hydrogen) atoms. The summed E-state index contributed by atoms with van der Waals surface area (Å²) in [4.78, 5) is 6.61. The molecule has 104 valence electrons. The zero-order valence-electron chi connectivity index (χ0n) is 11.8. The summed E-state index contributed by atoms with van der Waals surface area (Å²) in [5, 5.41) is 6.29. The van der Waals surface area contributed by atoms with Crippen LogP contribution in [0.15, 0.2) is 4.99 Å². The van der Waals surface area contributed by atoms with Crippen LogP contribution in [0.2, 0.25) is 0 Å². The number of nitrogens with zero attached hydrogens (tertiary/aromatic N) is 2. The van der Waals surface area contributed by atoms with Gasteiger partial charge in [0.1, 0.15) is 0 Å². The Morgan fingerprint density at radius 2 is 1.71 bits per heavy atom. The first-order chi connectivity index (χ1) is 7.78. The molecule has 0 radical (unpaired) electrons. The van der Waals surface area contributed by atoms with Crippen molar-refractivity contribution in [2.24, 2.45) is 4.99 Å². The van der Waals surface area contributed by atoms with E-state index in [9.17, 15) is 0 Å². The van der Waals surface area contributed by atoms with Crippen LogP contribution in [-0.4, -0.2) is 51.1 Å². The van der Waals surface area contributed by atoms with Crippen LogP contribution in [0.25, 0.3) is 0 Å². The van der Waals surface area contributed by atoms with Crippen molar-refractivity contribution in [3.8, 4) is 0 Å². The molecule has 0 rings (SSSR count). The van der Waals surface area contributed by atoms with Gasteiger partial charge in [-0.3, -0.25) is 4.99 Å². The Labute approximate surface area is 124 Å². The summed E-state index contributed by atoms with van der Waals surface area (Å²) in [5.41, 5.74) is 0. The van der Waals surface area contributed by atoms with Crippen LogP contribution in [0.5, 0.6) is 0 Å². The monoisotopic (exact) mass is 356 g/mol. The van der Waals surface area contributed by atoms with Gasteiger partial charge < -0.3 is 15.5 Å². The lowest BCUT2D eigenvalue weighted by molar-refractivity contribution is 0.271. The summed E-state index contributed by atoms with van der Waals surface area (Å²) in [5.74, 6) is 0.873. The number of guanidine groups is 1. The van der Waals surface area contributed by atoms with Crippen LogP contribution in [-0.2, 0) is 0 Å². The zero-order valence-corrected chi connectivity index (χ0v) is 14.1. The van der Waals surface area contributed by atoms with E-state index in [2.05, 4.69) is 34.4 Å². The van der Waals surface area contributed by atoms with Crippen LogP contribution >= 0.6 is 24.0 Å². The van der Waals surface area contributed by atoms with Gasteiger partial charge in [0.05, 0.1) is 0 Å². The van der Waals surface area contributed by atoms with Gasteiger partial charge in [-0.25, -0.2) is 0 Å². The van der Waals surface area contributed by atoms with Gasteiger partial charge in [0.15, 0.2) is 5.96 Å². The molecule has 0 fully saturated rings. The highest BCUT2D eigenvalue weighted by Gasteiger charge is 2.01. The first kappa shape index (κ1) is 19.3. The minimum absolute atomic E-state index is 0. The van der Waals surface area contributed by atoms with Crippen LogP contribution < -0.4 is 10.6 Å². The average molecular weight is 356 g/mol. The lowest BCUT2D eigenvalue weighted by Crippen LogP contribution is -2.36. The summed E-state index contributed by atoms with van der Waals surface area (Å²) in [7, 11) is 3.68. The minimum Gasteiger partial charge on any atom is -0.359 e. The van der Waals surface area contributed by atoms with Crippen molar-refractivity contribution >= 4 is 29.9 Å². The van der Waals surface area contributed by atoms with Gasteiger partial charge in [-0.2, -0.15) is 0 Å². The number of hydrogen-bond donors (Lipinski definition) is 2. The van der Waals surface area contributed by atoms with E-state index < -0.39 is 0 Å². The number of aliphatic imine (C=N–C) groups is 1. The molecule has 0 aromatic rings. The highest BCUT2D eigenvalue weighted by atomic mass is 127. The molecule has 0 unspecified atom stereocenters. The predicted molar refractivity (Wildman–Crippen MR) is 87.5 cm³/mol.